The van der Waals surface area contributed by atoms with E-state index in [9.17, 15) is 4.39 Å². The highest BCUT2D eigenvalue weighted by molar-refractivity contribution is 5.65. The van der Waals surface area contributed by atoms with Crippen molar-refractivity contribution in [3.63, 3.8) is 0 Å². The van der Waals surface area contributed by atoms with E-state index in [0.29, 0.717) is 34.7 Å². The molecule has 2 unspecified atom stereocenters. The number of aryl methyl sites for hydroxylation is 1. The van der Waals surface area contributed by atoms with Gasteiger partial charge >= 0.3 is 0 Å². The zero-order valence-electron chi connectivity index (χ0n) is 19.9. The third-order valence-corrected chi connectivity index (χ3v) is 6.95. The molecule has 1 aliphatic rings. The normalized spacial score (nSPS) is 18.5. The minimum atomic E-state index is -0.282. The lowest BCUT2D eigenvalue weighted by Gasteiger charge is -2.28. The number of hydrogen-bond donors (Lipinski definition) is 0. The highest BCUT2D eigenvalue weighted by Crippen LogP contribution is 2.41. The number of hydrogen-bond acceptors (Lipinski definition) is 6. The Morgan fingerprint density at radius 2 is 1.97 bits per heavy atom. The number of benzene rings is 1. The molecule has 7 heteroatoms. The maximum Gasteiger partial charge on any atom is 0.246 e. The largest absolute Gasteiger partial charge is 0.443 e. The van der Waals surface area contributed by atoms with Crippen molar-refractivity contribution in [2.45, 2.75) is 64.7 Å². The maximum absolute atomic E-state index is 14.6. The number of oxazole rings is 1. The molecule has 1 aromatic carbocycles. The van der Waals surface area contributed by atoms with Crippen LogP contribution in [-0.2, 0) is 0 Å². The summed E-state index contributed by atoms with van der Waals surface area (Å²) >= 11 is 0. The van der Waals surface area contributed by atoms with Crippen molar-refractivity contribution in [1.82, 2.24) is 25.1 Å². The summed E-state index contributed by atoms with van der Waals surface area (Å²) < 4.78 is 20.3. The predicted octanol–water partition coefficient (Wildman–Crippen LogP) is 6.58. The first-order valence-electron chi connectivity index (χ1n) is 11.9. The maximum atomic E-state index is 14.6. The first-order chi connectivity index (χ1) is 16.5. The van der Waals surface area contributed by atoms with E-state index < -0.39 is 0 Å². The molecular weight excluding hydrogens is 429 g/mol. The average Bonchev–Trinajstić information content (AvgIpc) is 3.34. The van der Waals surface area contributed by atoms with Crippen molar-refractivity contribution < 1.29 is 8.81 Å². The van der Waals surface area contributed by atoms with Gasteiger partial charge in [-0.3, -0.25) is 4.98 Å². The van der Waals surface area contributed by atoms with Gasteiger partial charge in [0, 0.05) is 23.6 Å². The Kier molecular flexibility index (Phi) is 5.94. The molecule has 0 fully saturated rings. The van der Waals surface area contributed by atoms with Gasteiger partial charge in [0.1, 0.15) is 17.8 Å². The van der Waals surface area contributed by atoms with Gasteiger partial charge in [-0.2, -0.15) is 10.2 Å². The van der Waals surface area contributed by atoms with Gasteiger partial charge in [0.2, 0.25) is 5.89 Å². The number of halogens is 1. The fourth-order valence-electron chi connectivity index (χ4n) is 4.65. The second kappa shape index (κ2) is 9.05. The minimum absolute atomic E-state index is 0.0362. The van der Waals surface area contributed by atoms with E-state index in [0.717, 1.165) is 47.5 Å². The summed E-state index contributed by atoms with van der Waals surface area (Å²) in [6.07, 6.45) is 8.01. The number of nitrogens with zero attached hydrogens (tertiary/aromatic N) is 5. The monoisotopic (exact) mass is 457 g/mol. The third kappa shape index (κ3) is 4.00. The molecule has 4 aromatic rings. The highest BCUT2D eigenvalue weighted by atomic mass is 19.1. The van der Waals surface area contributed by atoms with Crippen LogP contribution in [0.5, 0.6) is 0 Å². The molecule has 0 N–H and O–H groups in total. The zero-order chi connectivity index (χ0) is 23.8. The van der Waals surface area contributed by atoms with Gasteiger partial charge in [-0.1, -0.05) is 32.9 Å². The van der Waals surface area contributed by atoms with Crippen LogP contribution in [0.4, 0.5) is 4.39 Å². The smallest absolute Gasteiger partial charge is 0.246 e. The van der Waals surface area contributed by atoms with Crippen LogP contribution in [0.3, 0.4) is 0 Å². The van der Waals surface area contributed by atoms with Crippen molar-refractivity contribution >= 4 is 0 Å². The standard InChI is InChI=1S/C27H28FN5O/c1-5-15(2)24-14-34-27(31-24)23-13-29-12-22(30-23)18-10-9-16(3)19-11-21(32-33-26(18)19)25-17(4)7-6-8-20(25)28/h6-8,11-16,18H,5,9-10H2,1-4H3/t15?,16-,18?/m0/s1. The van der Waals surface area contributed by atoms with Crippen LogP contribution in [-0.4, -0.2) is 25.1 Å². The van der Waals surface area contributed by atoms with Gasteiger partial charge < -0.3 is 4.42 Å². The van der Waals surface area contributed by atoms with E-state index in [-0.39, 0.29) is 11.7 Å². The van der Waals surface area contributed by atoms with Crippen molar-refractivity contribution in [3.8, 4) is 22.8 Å². The van der Waals surface area contributed by atoms with E-state index in [1.807, 2.05) is 19.1 Å². The predicted molar refractivity (Wildman–Crippen MR) is 128 cm³/mol. The van der Waals surface area contributed by atoms with Gasteiger partial charge in [-0.25, -0.2) is 14.4 Å². The second-order valence-electron chi connectivity index (χ2n) is 9.25. The van der Waals surface area contributed by atoms with Crippen LogP contribution in [0.25, 0.3) is 22.8 Å². The summed E-state index contributed by atoms with van der Waals surface area (Å²) in [6, 6.07) is 7.06. The molecule has 3 aromatic heterocycles. The zero-order valence-corrected chi connectivity index (χ0v) is 19.9. The molecule has 6 nitrogen and oxygen atoms in total. The molecule has 0 bridgehead atoms. The van der Waals surface area contributed by atoms with Crippen LogP contribution in [0, 0.1) is 12.7 Å². The first-order valence-corrected chi connectivity index (χ1v) is 11.9. The van der Waals surface area contributed by atoms with Gasteiger partial charge in [0.05, 0.1) is 29.0 Å². The Morgan fingerprint density at radius 1 is 1.12 bits per heavy atom. The molecule has 1 aliphatic carbocycles. The lowest BCUT2D eigenvalue weighted by molar-refractivity contribution is 0.517. The first kappa shape index (κ1) is 22.3. The SMILES string of the molecule is CCC(C)c1coc(-c2cncc(C3CC[C@H](C)c4cc(-c5c(C)cccc5F)nnc43)n2)n1. The molecule has 0 aliphatic heterocycles. The summed E-state index contributed by atoms with van der Waals surface area (Å²) in [6.45, 7) is 8.32. The van der Waals surface area contributed by atoms with Crippen LogP contribution >= 0.6 is 0 Å². The van der Waals surface area contributed by atoms with E-state index in [1.54, 1.807) is 24.7 Å². The van der Waals surface area contributed by atoms with Gasteiger partial charge in [0.25, 0.3) is 0 Å². The molecule has 0 spiro atoms. The summed E-state index contributed by atoms with van der Waals surface area (Å²) in [4.78, 5) is 13.9. The number of rotatable bonds is 5. The lowest BCUT2D eigenvalue weighted by Crippen LogP contribution is -2.18. The number of fused-ring (bicyclic) bond motifs is 1. The molecule has 0 amide bonds. The molecule has 0 saturated heterocycles. The molecule has 3 atom stereocenters. The minimum Gasteiger partial charge on any atom is -0.443 e. The van der Waals surface area contributed by atoms with Gasteiger partial charge in [-0.15, -0.1) is 0 Å². The third-order valence-electron chi connectivity index (χ3n) is 6.95. The van der Waals surface area contributed by atoms with Gasteiger partial charge in [-0.05, 0) is 55.4 Å². The summed E-state index contributed by atoms with van der Waals surface area (Å²) in [5.41, 5.74) is 6.24. The molecule has 0 radical (unpaired) electrons. The quantitative estimate of drug-likeness (QED) is 0.337. The lowest BCUT2D eigenvalue weighted by atomic mass is 9.79. The molecular formula is C27H28FN5O. The van der Waals surface area contributed by atoms with Gasteiger partial charge in [0.15, 0.2) is 0 Å². The molecule has 3 heterocycles. The summed E-state index contributed by atoms with van der Waals surface area (Å²) in [5, 5.41) is 9.04. The van der Waals surface area contributed by atoms with Crippen molar-refractivity contribution in [2.75, 3.05) is 0 Å². The number of aromatic nitrogens is 5. The Balaban J connectivity index is 1.52. The fraction of sp³-hybridized carbons (Fsp3) is 0.370. The Bertz CT molecular complexity index is 1310. The molecule has 34 heavy (non-hydrogen) atoms. The van der Waals surface area contributed by atoms with Crippen LogP contribution < -0.4 is 0 Å². The Morgan fingerprint density at radius 3 is 2.76 bits per heavy atom. The van der Waals surface area contributed by atoms with Crippen molar-refractivity contribution in [2.24, 2.45) is 0 Å². The Hall–Kier alpha value is -3.48. The van der Waals surface area contributed by atoms with Crippen molar-refractivity contribution in [1.29, 1.82) is 0 Å². The van der Waals surface area contributed by atoms with Crippen molar-refractivity contribution in [3.05, 3.63) is 76.9 Å². The Labute approximate surface area is 198 Å². The van der Waals surface area contributed by atoms with Crippen LogP contribution in [0.2, 0.25) is 0 Å². The van der Waals surface area contributed by atoms with E-state index in [4.69, 9.17) is 9.40 Å². The topological polar surface area (TPSA) is 77.6 Å². The molecule has 174 valence electrons. The second-order valence-corrected chi connectivity index (χ2v) is 9.25. The van der Waals surface area contributed by atoms with Crippen LogP contribution in [0.1, 0.15) is 86.0 Å². The highest BCUT2D eigenvalue weighted by Gasteiger charge is 2.30. The fourth-order valence-corrected chi connectivity index (χ4v) is 4.65. The summed E-state index contributed by atoms with van der Waals surface area (Å²) in [5.74, 6) is 0.781. The average molecular weight is 458 g/mol. The molecule has 0 saturated carbocycles. The van der Waals surface area contributed by atoms with E-state index in [2.05, 4.69) is 40.9 Å². The van der Waals surface area contributed by atoms with Crippen LogP contribution in [0.15, 0.2) is 47.3 Å². The van der Waals surface area contributed by atoms with E-state index >= 15 is 0 Å². The summed E-state index contributed by atoms with van der Waals surface area (Å²) in [7, 11) is 0. The molecule has 5 rings (SSSR count). The van der Waals surface area contributed by atoms with E-state index in [1.165, 1.54) is 6.07 Å².